The lowest BCUT2D eigenvalue weighted by molar-refractivity contribution is 0.131. The Hall–Kier alpha value is -3.06. The van der Waals surface area contributed by atoms with Crippen LogP contribution in [0.1, 0.15) is 18.1 Å². The second-order valence-electron chi connectivity index (χ2n) is 6.71. The van der Waals surface area contributed by atoms with Crippen molar-refractivity contribution < 1.29 is 4.74 Å². The molecule has 0 fully saturated rings. The van der Waals surface area contributed by atoms with Crippen LogP contribution in [0.25, 0.3) is 21.9 Å². The zero-order valence-electron chi connectivity index (χ0n) is 14.1. The first-order valence-corrected chi connectivity index (χ1v) is 8.63. The molecule has 1 heteroatoms. The Morgan fingerprint density at radius 1 is 0.640 bits per heavy atom. The molecular formula is C24H18O. The van der Waals surface area contributed by atoms with Crippen LogP contribution in [0.15, 0.2) is 91.0 Å². The number of fused-ring (bicyclic) bond motifs is 5. The maximum atomic E-state index is 6.75. The Morgan fingerprint density at radius 3 is 2.24 bits per heavy atom. The maximum Gasteiger partial charge on any atom is 0.157 e. The predicted octanol–water partition coefficient (Wildman–Crippen LogP) is 6.16. The minimum Gasteiger partial charge on any atom is -0.477 e. The molecule has 4 aromatic rings. The molecule has 0 radical (unpaired) electrons. The third kappa shape index (κ3) is 2.02. The van der Waals surface area contributed by atoms with Gasteiger partial charge in [0.25, 0.3) is 0 Å². The molecule has 0 bridgehead atoms. The SMILES string of the molecule is CC1(c2ccccc2)Oc2c(ccc3ccccc23)-c2ccccc21. The van der Waals surface area contributed by atoms with Crippen LogP contribution in [-0.2, 0) is 5.60 Å². The van der Waals surface area contributed by atoms with Crippen molar-refractivity contribution in [1.82, 2.24) is 0 Å². The zero-order valence-corrected chi connectivity index (χ0v) is 14.1. The second kappa shape index (κ2) is 5.22. The molecule has 0 aromatic heterocycles. The molecule has 1 nitrogen and oxygen atoms in total. The van der Waals surface area contributed by atoms with Crippen molar-refractivity contribution in [2.75, 3.05) is 0 Å². The molecule has 4 aromatic carbocycles. The minimum absolute atomic E-state index is 0.505. The van der Waals surface area contributed by atoms with Gasteiger partial charge in [0, 0.05) is 16.5 Å². The highest BCUT2D eigenvalue weighted by molar-refractivity contribution is 5.96. The van der Waals surface area contributed by atoms with Gasteiger partial charge in [-0.3, -0.25) is 0 Å². The molecular weight excluding hydrogens is 304 g/mol. The zero-order chi connectivity index (χ0) is 16.9. The summed E-state index contributed by atoms with van der Waals surface area (Å²) in [6.07, 6.45) is 0. The van der Waals surface area contributed by atoms with E-state index >= 15 is 0 Å². The molecule has 25 heavy (non-hydrogen) atoms. The molecule has 1 aliphatic heterocycles. The van der Waals surface area contributed by atoms with Crippen LogP contribution in [0, 0.1) is 0 Å². The summed E-state index contributed by atoms with van der Waals surface area (Å²) in [5.74, 6) is 0.975. The Kier molecular flexibility index (Phi) is 2.98. The lowest BCUT2D eigenvalue weighted by Gasteiger charge is -2.38. The third-order valence-electron chi connectivity index (χ3n) is 5.24. The maximum absolute atomic E-state index is 6.75. The van der Waals surface area contributed by atoms with Crippen molar-refractivity contribution in [3.05, 3.63) is 102 Å². The van der Waals surface area contributed by atoms with E-state index in [1.54, 1.807) is 0 Å². The van der Waals surface area contributed by atoms with Gasteiger partial charge in [-0.05, 0) is 29.5 Å². The Morgan fingerprint density at radius 2 is 1.36 bits per heavy atom. The van der Waals surface area contributed by atoms with Gasteiger partial charge in [0.05, 0.1) is 0 Å². The van der Waals surface area contributed by atoms with Crippen molar-refractivity contribution in [1.29, 1.82) is 0 Å². The normalized spacial score (nSPS) is 18.3. The molecule has 1 heterocycles. The number of ether oxygens (including phenoxy) is 1. The number of benzene rings is 4. The van der Waals surface area contributed by atoms with Gasteiger partial charge >= 0.3 is 0 Å². The average Bonchev–Trinajstić information content (AvgIpc) is 2.69. The smallest absolute Gasteiger partial charge is 0.157 e. The average molecular weight is 322 g/mol. The van der Waals surface area contributed by atoms with Crippen LogP contribution >= 0.6 is 0 Å². The molecule has 1 atom stereocenters. The van der Waals surface area contributed by atoms with Crippen LogP contribution < -0.4 is 4.74 Å². The first-order chi connectivity index (χ1) is 12.3. The molecule has 0 saturated heterocycles. The second-order valence-corrected chi connectivity index (χ2v) is 6.71. The fourth-order valence-electron chi connectivity index (χ4n) is 3.93. The molecule has 0 spiro atoms. The van der Waals surface area contributed by atoms with Crippen LogP contribution in [0.2, 0.25) is 0 Å². The Bertz CT molecular complexity index is 1080. The quantitative estimate of drug-likeness (QED) is 0.407. The van der Waals surface area contributed by atoms with Gasteiger partial charge < -0.3 is 4.74 Å². The third-order valence-corrected chi connectivity index (χ3v) is 5.24. The van der Waals surface area contributed by atoms with Crippen LogP contribution in [0.4, 0.5) is 0 Å². The molecule has 0 N–H and O–H groups in total. The van der Waals surface area contributed by atoms with E-state index in [0.717, 1.165) is 11.1 Å². The standard InChI is InChI=1S/C24H18O/c1-24(18-10-3-2-4-11-18)22-14-8-7-13-20(22)21-16-15-17-9-5-6-12-19(17)23(21)25-24/h2-16H,1H3. The molecule has 120 valence electrons. The van der Waals surface area contributed by atoms with E-state index in [9.17, 15) is 0 Å². The van der Waals surface area contributed by atoms with E-state index in [2.05, 4.69) is 91.9 Å². The van der Waals surface area contributed by atoms with Crippen molar-refractivity contribution in [2.45, 2.75) is 12.5 Å². The topological polar surface area (TPSA) is 9.23 Å². The lowest BCUT2D eigenvalue weighted by Crippen LogP contribution is -2.34. The number of hydrogen-bond acceptors (Lipinski definition) is 1. The summed E-state index contributed by atoms with van der Waals surface area (Å²) in [5, 5.41) is 2.37. The highest BCUT2D eigenvalue weighted by Gasteiger charge is 2.38. The van der Waals surface area contributed by atoms with E-state index < -0.39 is 5.60 Å². The van der Waals surface area contributed by atoms with Crippen LogP contribution in [0.3, 0.4) is 0 Å². The summed E-state index contributed by atoms with van der Waals surface area (Å²) in [7, 11) is 0. The highest BCUT2D eigenvalue weighted by atomic mass is 16.5. The Balaban J connectivity index is 1.86. The van der Waals surface area contributed by atoms with Crippen molar-refractivity contribution >= 4 is 10.8 Å². The van der Waals surface area contributed by atoms with E-state index in [1.165, 1.54) is 27.6 Å². The van der Waals surface area contributed by atoms with E-state index in [4.69, 9.17) is 4.74 Å². The fraction of sp³-hybridized carbons (Fsp3) is 0.0833. The van der Waals surface area contributed by atoms with E-state index in [1.807, 2.05) is 6.07 Å². The summed E-state index contributed by atoms with van der Waals surface area (Å²) in [4.78, 5) is 0. The molecule has 0 aliphatic carbocycles. The van der Waals surface area contributed by atoms with Crippen molar-refractivity contribution in [3.63, 3.8) is 0 Å². The summed E-state index contributed by atoms with van der Waals surface area (Å²) >= 11 is 0. The summed E-state index contributed by atoms with van der Waals surface area (Å²) in [6, 6.07) is 31.9. The molecule has 0 saturated carbocycles. The van der Waals surface area contributed by atoms with Crippen LogP contribution in [-0.4, -0.2) is 0 Å². The van der Waals surface area contributed by atoms with Crippen molar-refractivity contribution in [2.24, 2.45) is 0 Å². The molecule has 1 unspecified atom stereocenters. The summed E-state index contributed by atoms with van der Waals surface area (Å²) in [6.45, 7) is 2.17. The van der Waals surface area contributed by atoms with Gasteiger partial charge in [-0.25, -0.2) is 0 Å². The highest BCUT2D eigenvalue weighted by Crippen LogP contribution is 2.50. The first-order valence-electron chi connectivity index (χ1n) is 8.63. The molecule has 5 rings (SSSR count). The van der Waals surface area contributed by atoms with Gasteiger partial charge in [0.2, 0.25) is 0 Å². The van der Waals surface area contributed by atoms with Gasteiger partial charge in [0.1, 0.15) is 5.75 Å². The largest absolute Gasteiger partial charge is 0.477 e. The lowest BCUT2D eigenvalue weighted by atomic mass is 9.80. The van der Waals surface area contributed by atoms with Crippen molar-refractivity contribution in [3.8, 4) is 16.9 Å². The number of hydrogen-bond donors (Lipinski definition) is 0. The fourth-order valence-corrected chi connectivity index (χ4v) is 3.93. The van der Waals surface area contributed by atoms with Gasteiger partial charge in [-0.1, -0.05) is 84.9 Å². The minimum atomic E-state index is -0.505. The van der Waals surface area contributed by atoms with Crippen LogP contribution in [0.5, 0.6) is 5.75 Å². The van der Waals surface area contributed by atoms with E-state index in [0.29, 0.717) is 0 Å². The molecule has 0 amide bonds. The van der Waals surface area contributed by atoms with Gasteiger partial charge in [-0.15, -0.1) is 0 Å². The summed E-state index contributed by atoms with van der Waals surface area (Å²) < 4.78 is 6.75. The van der Waals surface area contributed by atoms with Gasteiger partial charge in [0.15, 0.2) is 5.60 Å². The Labute approximate surface area is 147 Å². The first kappa shape index (κ1) is 14.3. The monoisotopic (exact) mass is 322 g/mol. The van der Waals surface area contributed by atoms with E-state index in [-0.39, 0.29) is 0 Å². The number of rotatable bonds is 1. The summed E-state index contributed by atoms with van der Waals surface area (Å²) in [5.41, 5.74) is 4.29. The predicted molar refractivity (Wildman–Crippen MR) is 103 cm³/mol. The molecule has 1 aliphatic rings. The van der Waals surface area contributed by atoms with Gasteiger partial charge in [-0.2, -0.15) is 0 Å².